The van der Waals surface area contributed by atoms with Crippen LogP contribution in [0.4, 0.5) is 5.82 Å². The first kappa shape index (κ1) is 15.7. The van der Waals surface area contributed by atoms with E-state index < -0.39 is 22.0 Å². The van der Waals surface area contributed by atoms with Crippen molar-refractivity contribution in [1.82, 2.24) is 9.29 Å². The first-order chi connectivity index (χ1) is 9.98. The van der Waals surface area contributed by atoms with Gasteiger partial charge in [-0.25, -0.2) is 13.4 Å². The second-order valence-corrected chi connectivity index (χ2v) is 6.63. The molecular formula is C13H19N3O4S. The Labute approximate surface area is 124 Å². The number of nitrogen functional groups attached to an aromatic ring is 1. The van der Waals surface area contributed by atoms with Crippen molar-refractivity contribution in [2.75, 3.05) is 18.9 Å². The Morgan fingerprint density at radius 3 is 2.95 bits per heavy atom. The van der Waals surface area contributed by atoms with Crippen molar-refractivity contribution in [3.8, 4) is 0 Å². The lowest BCUT2D eigenvalue weighted by Crippen LogP contribution is -2.48. The van der Waals surface area contributed by atoms with Gasteiger partial charge in [0.25, 0.3) is 0 Å². The molecule has 2 N–H and O–H groups in total. The molecule has 2 rings (SSSR count). The van der Waals surface area contributed by atoms with Crippen molar-refractivity contribution in [3.63, 3.8) is 0 Å². The summed E-state index contributed by atoms with van der Waals surface area (Å²) in [6.45, 7) is 2.19. The number of nitrogens with zero attached hydrogens (tertiary/aromatic N) is 2. The molecule has 1 aromatic rings. The lowest BCUT2D eigenvalue weighted by Gasteiger charge is -2.33. The molecule has 0 saturated carbocycles. The number of aromatic nitrogens is 1. The molecule has 1 aliphatic heterocycles. The molecule has 0 aromatic carbocycles. The molecule has 0 radical (unpaired) electrons. The predicted octanol–water partition coefficient (Wildman–Crippen LogP) is 0.770. The van der Waals surface area contributed by atoms with Gasteiger partial charge in [-0.3, -0.25) is 4.79 Å². The molecule has 2 heterocycles. The first-order valence-corrected chi connectivity index (χ1v) is 8.31. The summed E-state index contributed by atoms with van der Waals surface area (Å²) in [6, 6.07) is 2.12. The molecule has 0 aliphatic carbocycles. The van der Waals surface area contributed by atoms with Crippen LogP contribution < -0.4 is 5.73 Å². The monoisotopic (exact) mass is 313 g/mol. The molecule has 21 heavy (non-hydrogen) atoms. The Balaban J connectivity index is 2.36. The smallest absolute Gasteiger partial charge is 0.324 e. The zero-order valence-electron chi connectivity index (χ0n) is 11.9. The Bertz CT molecular complexity index is 618. The predicted molar refractivity (Wildman–Crippen MR) is 76.8 cm³/mol. The third-order valence-corrected chi connectivity index (χ3v) is 5.35. The number of hydrogen-bond acceptors (Lipinski definition) is 6. The number of rotatable bonds is 4. The second kappa shape index (κ2) is 6.40. The van der Waals surface area contributed by atoms with Crippen LogP contribution in [0.5, 0.6) is 0 Å². The number of carbonyl (C=O) groups is 1. The van der Waals surface area contributed by atoms with Gasteiger partial charge in [-0.15, -0.1) is 0 Å². The van der Waals surface area contributed by atoms with E-state index >= 15 is 0 Å². The van der Waals surface area contributed by atoms with Gasteiger partial charge < -0.3 is 10.5 Å². The van der Waals surface area contributed by atoms with Gasteiger partial charge in [-0.2, -0.15) is 4.31 Å². The standard InChI is InChI=1S/C13H19N3O4S/c1-2-20-13(17)10-6-3-4-9-16(10)21(18,19)11-7-5-8-15-12(11)14/h5,7-8,10H,2-4,6,9H2,1H3,(H2,14,15). The van der Waals surface area contributed by atoms with Crippen LogP contribution in [0.15, 0.2) is 23.2 Å². The molecule has 8 heteroatoms. The number of esters is 1. The molecule has 1 unspecified atom stereocenters. The highest BCUT2D eigenvalue weighted by molar-refractivity contribution is 7.89. The van der Waals surface area contributed by atoms with Gasteiger partial charge in [0.05, 0.1) is 6.61 Å². The van der Waals surface area contributed by atoms with Crippen LogP contribution in [0, 0.1) is 0 Å². The Hall–Kier alpha value is -1.67. The number of anilines is 1. The van der Waals surface area contributed by atoms with E-state index in [0.29, 0.717) is 12.8 Å². The van der Waals surface area contributed by atoms with Crippen LogP contribution in [-0.2, 0) is 19.6 Å². The molecule has 0 bridgehead atoms. The molecule has 116 valence electrons. The Kier molecular flexibility index (Phi) is 4.79. The van der Waals surface area contributed by atoms with E-state index in [1.165, 1.54) is 22.6 Å². The topological polar surface area (TPSA) is 103 Å². The minimum Gasteiger partial charge on any atom is -0.465 e. The number of ether oxygens (including phenoxy) is 1. The third-order valence-electron chi connectivity index (χ3n) is 3.40. The lowest BCUT2D eigenvalue weighted by atomic mass is 10.1. The highest BCUT2D eigenvalue weighted by atomic mass is 32.2. The number of sulfonamides is 1. The number of carbonyl (C=O) groups excluding carboxylic acids is 1. The van der Waals surface area contributed by atoms with Crippen LogP contribution in [0.3, 0.4) is 0 Å². The van der Waals surface area contributed by atoms with E-state index in [2.05, 4.69) is 4.98 Å². The van der Waals surface area contributed by atoms with Gasteiger partial charge in [-0.1, -0.05) is 0 Å². The van der Waals surface area contributed by atoms with E-state index in [4.69, 9.17) is 10.5 Å². The van der Waals surface area contributed by atoms with Gasteiger partial charge in [-0.05, 0) is 38.3 Å². The maximum absolute atomic E-state index is 12.7. The highest BCUT2D eigenvalue weighted by Crippen LogP contribution is 2.28. The zero-order valence-corrected chi connectivity index (χ0v) is 12.7. The quantitative estimate of drug-likeness (QED) is 0.824. The summed E-state index contributed by atoms with van der Waals surface area (Å²) >= 11 is 0. The minimum absolute atomic E-state index is 0.0642. The molecule has 0 amide bonds. The maximum Gasteiger partial charge on any atom is 0.324 e. The summed E-state index contributed by atoms with van der Waals surface area (Å²) in [4.78, 5) is 15.7. The number of hydrogen-bond donors (Lipinski definition) is 1. The van der Waals surface area contributed by atoms with E-state index in [1.54, 1.807) is 6.92 Å². The van der Waals surface area contributed by atoms with Crippen LogP contribution in [-0.4, -0.2) is 42.9 Å². The van der Waals surface area contributed by atoms with Gasteiger partial charge in [0, 0.05) is 12.7 Å². The lowest BCUT2D eigenvalue weighted by molar-refractivity contribution is -0.148. The van der Waals surface area contributed by atoms with Crippen molar-refractivity contribution in [3.05, 3.63) is 18.3 Å². The number of nitrogens with two attached hydrogens (primary N) is 1. The molecule has 1 fully saturated rings. The molecule has 7 nitrogen and oxygen atoms in total. The molecule has 1 saturated heterocycles. The summed E-state index contributed by atoms with van der Waals surface area (Å²) in [5.74, 6) is -0.575. The van der Waals surface area contributed by atoms with E-state index in [1.807, 2.05) is 0 Å². The van der Waals surface area contributed by atoms with Gasteiger partial charge in [0.1, 0.15) is 16.8 Å². The van der Waals surface area contributed by atoms with Crippen LogP contribution in [0.1, 0.15) is 26.2 Å². The van der Waals surface area contributed by atoms with Crippen LogP contribution in [0.25, 0.3) is 0 Å². The Morgan fingerprint density at radius 2 is 2.29 bits per heavy atom. The SMILES string of the molecule is CCOC(=O)C1CCCCN1S(=O)(=O)c1cccnc1N. The fourth-order valence-corrected chi connectivity index (χ4v) is 4.13. The fourth-order valence-electron chi connectivity index (χ4n) is 2.41. The molecule has 1 aliphatic rings. The molecule has 1 atom stereocenters. The number of pyridine rings is 1. The zero-order chi connectivity index (χ0) is 15.5. The highest BCUT2D eigenvalue weighted by Gasteiger charge is 2.39. The van der Waals surface area contributed by atoms with Crippen LogP contribution >= 0.6 is 0 Å². The molecule has 0 spiro atoms. The summed E-state index contributed by atoms with van der Waals surface area (Å²) in [7, 11) is -3.86. The van der Waals surface area contributed by atoms with Crippen molar-refractivity contribution in [1.29, 1.82) is 0 Å². The van der Waals surface area contributed by atoms with Crippen molar-refractivity contribution in [2.45, 2.75) is 37.1 Å². The van der Waals surface area contributed by atoms with Crippen molar-refractivity contribution < 1.29 is 17.9 Å². The van der Waals surface area contributed by atoms with Crippen LogP contribution in [0.2, 0.25) is 0 Å². The summed E-state index contributed by atoms with van der Waals surface area (Å²) in [6.07, 6.45) is 3.37. The van der Waals surface area contributed by atoms with E-state index in [0.717, 1.165) is 6.42 Å². The second-order valence-electron chi connectivity index (χ2n) is 4.77. The molecule has 1 aromatic heterocycles. The van der Waals surface area contributed by atoms with Crippen molar-refractivity contribution in [2.24, 2.45) is 0 Å². The van der Waals surface area contributed by atoms with E-state index in [-0.39, 0.29) is 23.9 Å². The average molecular weight is 313 g/mol. The summed E-state index contributed by atoms with van der Waals surface area (Å²) in [5.41, 5.74) is 5.66. The molecular weight excluding hydrogens is 294 g/mol. The third kappa shape index (κ3) is 3.16. The van der Waals surface area contributed by atoms with E-state index in [9.17, 15) is 13.2 Å². The summed E-state index contributed by atoms with van der Waals surface area (Å²) in [5, 5.41) is 0. The Morgan fingerprint density at radius 1 is 1.52 bits per heavy atom. The maximum atomic E-state index is 12.7. The number of piperidine rings is 1. The normalized spacial score (nSPS) is 20.1. The van der Waals surface area contributed by atoms with Gasteiger partial charge >= 0.3 is 5.97 Å². The van der Waals surface area contributed by atoms with Crippen molar-refractivity contribution >= 4 is 21.8 Å². The van der Waals surface area contributed by atoms with Gasteiger partial charge in [0.15, 0.2) is 0 Å². The first-order valence-electron chi connectivity index (χ1n) is 6.87. The largest absolute Gasteiger partial charge is 0.465 e. The minimum atomic E-state index is -3.86. The van der Waals surface area contributed by atoms with Gasteiger partial charge in [0.2, 0.25) is 10.0 Å². The summed E-state index contributed by atoms with van der Waals surface area (Å²) < 4.78 is 31.6. The average Bonchev–Trinajstić information content (AvgIpc) is 2.48. The fraction of sp³-hybridized carbons (Fsp3) is 0.538.